The summed E-state index contributed by atoms with van der Waals surface area (Å²) in [4.78, 5) is 0. The largest absolute Gasteiger partial charge is 0.345 e. The predicted molar refractivity (Wildman–Crippen MR) is 43.7 cm³/mol. The summed E-state index contributed by atoms with van der Waals surface area (Å²) in [5.74, 6) is 0. The van der Waals surface area contributed by atoms with Crippen LogP contribution in [0.4, 0.5) is 4.39 Å². The molecule has 0 spiro atoms. The molecule has 0 radical (unpaired) electrons. The highest BCUT2D eigenvalue weighted by atomic mass is 19.1. The lowest BCUT2D eigenvalue weighted by Crippen LogP contribution is -1.93. The average Bonchev–Trinajstić information content (AvgIpc) is 2.71. The zero-order chi connectivity index (χ0) is 9.10. The van der Waals surface area contributed by atoms with Crippen LogP contribution in [-0.2, 0) is 0 Å². The van der Waals surface area contributed by atoms with Crippen molar-refractivity contribution in [1.29, 1.82) is 0 Å². The lowest BCUT2D eigenvalue weighted by Gasteiger charge is -2.02. The molecule has 3 nitrogen and oxygen atoms in total. The summed E-state index contributed by atoms with van der Waals surface area (Å²) in [5, 5.41) is 6.70. The molecule has 0 saturated carbocycles. The second kappa shape index (κ2) is 3.35. The molecule has 0 fully saturated rings. The van der Waals surface area contributed by atoms with E-state index in [0.717, 1.165) is 0 Å². The fraction of sp³-hybridized carbons (Fsp3) is 0.111. The maximum absolute atomic E-state index is 13.5. The summed E-state index contributed by atoms with van der Waals surface area (Å²) >= 11 is 0. The number of nitrogens with zero attached hydrogens (tertiary/aromatic N) is 2. The van der Waals surface area contributed by atoms with E-state index in [4.69, 9.17) is 0 Å². The minimum atomic E-state index is -1.26. The molecule has 0 N–H and O–H groups in total. The monoisotopic (exact) mass is 178 g/mol. The molecule has 4 heteroatoms. The Morgan fingerprint density at radius 1 is 1.23 bits per heavy atom. The van der Waals surface area contributed by atoms with Crippen LogP contribution in [0.2, 0.25) is 0 Å². The van der Waals surface area contributed by atoms with Gasteiger partial charge in [-0.25, -0.2) is 4.39 Å². The molecule has 0 aliphatic carbocycles. The average molecular weight is 178 g/mol. The van der Waals surface area contributed by atoms with Gasteiger partial charge in [-0.05, 0) is 5.56 Å². The Bertz CT molecular complexity index is 360. The number of hydrogen-bond donors (Lipinski definition) is 0. The van der Waals surface area contributed by atoms with E-state index in [1.165, 1.54) is 6.26 Å². The van der Waals surface area contributed by atoms with E-state index in [-0.39, 0.29) is 5.69 Å². The van der Waals surface area contributed by atoms with Crippen LogP contribution < -0.4 is 0 Å². The third kappa shape index (κ3) is 1.56. The number of aromatic nitrogens is 2. The van der Waals surface area contributed by atoms with Crippen molar-refractivity contribution in [1.82, 2.24) is 10.4 Å². The molecule has 66 valence electrons. The van der Waals surface area contributed by atoms with Gasteiger partial charge in [0.05, 0.1) is 0 Å². The van der Waals surface area contributed by atoms with E-state index in [1.807, 2.05) is 6.07 Å². The highest BCUT2D eigenvalue weighted by Crippen LogP contribution is 2.23. The Labute approximate surface area is 74.2 Å². The Morgan fingerprint density at radius 2 is 2.00 bits per heavy atom. The first kappa shape index (κ1) is 7.91. The topological polar surface area (TPSA) is 38.9 Å². The molecule has 0 saturated heterocycles. The maximum atomic E-state index is 13.5. The van der Waals surface area contributed by atoms with Gasteiger partial charge in [0, 0.05) is 5.27 Å². The molecule has 13 heavy (non-hydrogen) atoms. The van der Waals surface area contributed by atoms with Crippen LogP contribution in [0.1, 0.15) is 17.4 Å². The van der Waals surface area contributed by atoms with E-state index in [1.54, 1.807) is 24.3 Å². The van der Waals surface area contributed by atoms with E-state index in [0.29, 0.717) is 5.56 Å². The number of halogens is 1. The van der Waals surface area contributed by atoms with E-state index in [2.05, 4.69) is 14.9 Å². The number of hydrogen-bond acceptors (Lipinski definition) is 3. The first-order chi connectivity index (χ1) is 6.38. The van der Waals surface area contributed by atoms with Crippen molar-refractivity contribution in [3.8, 4) is 0 Å². The van der Waals surface area contributed by atoms with Gasteiger partial charge in [-0.2, -0.15) is 0 Å². The SMILES string of the molecule is FC(c1ccccc1)c1conn1. The van der Waals surface area contributed by atoms with Gasteiger partial charge in [0.2, 0.25) is 0 Å². The number of benzene rings is 1. The highest BCUT2D eigenvalue weighted by Gasteiger charge is 2.15. The zero-order valence-corrected chi connectivity index (χ0v) is 6.72. The van der Waals surface area contributed by atoms with Gasteiger partial charge in [0.25, 0.3) is 0 Å². The first-order valence-corrected chi connectivity index (χ1v) is 3.84. The van der Waals surface area contributed by atoms with Crippen molar-refractivity contribution in [3.05, 3.63) is 47.9 Å². The second-order valence-electron chi connectivity index (χ2n) is 2.60. The van der Waals surface area contributed by atoms with Crippen molar-refractivity contribution >= 4 is 0 Å². The summed E-state index contributed by atoms with van der Waals surface area (Å²) < 4.78 is 18.0. The zero-order valence-electron chi connectivity index (χ0n) is 6.72. The van der Waals surface area contributed by atoms with Crippen LogP contribution in [0.5, 0.6) is 0 Å². The van der Waals surface area contributed by atoms with Crippen molar-refractivity contribution in [2.75, 3.05) is 0 Å². The Morgan fingerprint density at radius 3 is 2.62 bits per heavy atom. The normalized spacial score (nSPS) is 12.7. The molecule has 0 aliphatic rings. The van der Waals surface area contributed by atoms with Gasteiger partial charge in [0.15, 0.2) is 12.4 Å². The molecule has 0 amide bonds. The van der Waals surface area contributed by atoms with Crippen molar-refractivity contribution in [2.45, 2.75) is 6.17 Å². The van der Waals surface area contributed by atoms with Crippen LogP contribution in [0.3, 0.4) is 0 Å². The molecule has 0 bridgehead atoms. The first-order valence-electron chi connectivity index (χ1n) is 3.84. The third-order valence-electron chi connectivity index (χ3n) is 1.73. The summed E-state index contributed by atoms with van der Waals surface area (Å²) in [6.07, 6.45) is -0.0510. The summed E-state index contributed by atoms with van der Waals surface area (Å²) in [6, 6.07) is 8.76. The smallest absolute Gasteiger partial charge is 0.172 e. The molecule has 1 atom stereocenters. The lowest BCUT2D eigenvalue weighted by molar-refractivity contribution is 0.390. The highest BCUT2D eigenvalue weighted by molar-refractivity contribution is 5.23. The molecule has 2 rings (SSSR count). The summed E-state index contributed by atoms with van der Waals surface area (Å²) in [7, 11) is 0. The minimum absolute atomic E-state index is 0.200. The predicted octanol–water partition coefficient (Wildman–Crippen LogP) is 2.13. The number of alkyl halides is 1. The Balaban J connectivity index is 2.29. The van der Waals surface area contributed by atoms with Crippen molar-refractivity contribution < 1.29 is 8.91 Å². The van der Waals surface area contributed by atoms with Gasteiger partial charge >= 0.3 is 0 Å². The third-order valence-corrected chi connectivity index (χ3v) is 1.73. The van der Waals surface area contributed by atoms with Crippen LogP contribution in [0.25, 0.3) is 0 Å². The van der Waals surface area contributed by atoms with Crippen LogP contribution in [-0.4, -0.2) is 10.4 Å². The van der Waals surface area contributed by atoms with E-state index < -0.39 is 6.17 Å². The quantitative estimate of drug-likeness (QED) is 0.707. The molecule has 1 aromatic carbocycles. The summed E-state index contributed by atoms with van der Waals surface area (Å²) in [6.45, 7) is 0. The second-order valence-corrected chi connectivity index (χ2v) is 2.60. The van der Waals surface area contributed by atoms with E-state index in [9.17, 15) is 4.39 Å². The molecule has 1 unspecified atom stereocenters. The van der Waals surface area contributed by atoms with Gasteiger partial charge in [-0.1, -0.05) is 30.3 Å². The Hall–Kier alpha value is -1.71. The van der Waals surface area contributed by atoms with Crippen LogP contribution in [0, 0.1) is 0 Å². The van der Waals surface area contributed by atoms with Gasteiger partial charge in [-0.15, -0.1) is 5.10 Å². The standard InChI is InChI=1S/C9H7FN2O/c10-9(8-6-13-12-11-8)7-4-2-1-3-5-7/h1-6,9H. The van der Waals surface area contributed by atoms with Gasteiger partial charge in [0.1, 0.15) is 5.69 Å². The lowest BCUT2D eigenvalue weighted by atomic mass is 10.1. The Kier molecular flexibility index (Phi) is 2.04. The molecule has 2 aromatic rings. The van der Waals surface area contributed by atoms with Crippen molar-refractivity contribution in [2.24, 2.45) is 0 Å². The van der Waals surface area contributed by atoms with Crippen molar-refractivity contribution in [3.63, 3.8) is 0 Å². The molecular formula is C9H7FN2O. The molecule has 1 aromatic heterocycles. The van der Waals surface area contributed by atoms with Gasteiger partial charge < -0.3 is 4.52 Å². The fourth-order valence-corrected chi connectivity index (χ4v) is 1.08. The van der Waals surface area contributed by atoms with Gasteiger partial charge in [-0.3, -0.25) is 0 Å². The van der Waals surface area contributed by atoms with Crippen LogP contribution >= 0.6 is 0 Å². The van der Waals surface area contributed by atoms with Crippen LogP contribution in [0.15, 0.2) is 41.1 Å². The minimum Gasteiger partial charge on any atom is -0.345 e. The van der Waals surface area contributed by atoms with E-state index >= 15 is 0 Å². The summed E-state index contributed by atoms with van der Waals surface area (Å²) in [5.41, 5.74) is 0.754. The molecule has 0 aliphatic heterocycles. The molecule has 1 heterocycles. The fourth-order valence-electron chi connectivity index (χ4n) is 1.08. The maximum Gasteiger partial charge on any atom is 0.172 e. The molecular weight excluding hydrogens is 171 g/mol. The number of rotatable bonds is 2.